The number of nitrogens with zero attached hydrogens (tertiary/aromatic N) is 6. The zero-order valence-corrected chi connectivity index (χ0v) is 19.9. The molecule has 33 heavy (non-hydrogen) atoms. The average Bonchev–Trinajstić information content (AvgIpc) is 3.10. The van der Waals surface area contributed by atoms with Gasteiger partial charge in [-0.15, -0.1) is 10.2 Å². The first-order valence-corrected chi connectivity index (χ1v) is 12.1. The van der Waals surface area contributed by atoms with E-state index in [9.17, 15) is 9.59 Å². The standard InChI is InChI=1S/C22H30N6O4S/c1-3-31-22(30)27-8-6-26(7-9-27)13-17-4-5-19-18(12-17)14-28(10-11-32-19)20(29)15-33-21-24-23-16-25(21)2/h4-5,12,16H,3,6-11,13-15H2,1-2H3. The van der Waals surface area contributed by atoms with Crippen LogP contribution in [0.3, 0.4) is 0 Å². The van der Waals surface area contributed by atoms with E-state index < -0.39 is 0 Å². The summed E-state index contributed by atoms with van der Waals surface area (Å²) >= 11 is 1.39. The number of fused-ring (bicyclic) bond motifs is 1. The van der Waals surface area contributed by atoms with Crippen LogP contribution in [0.4, 0.5) is 4.79 Å². The van der Waals surface area contributed by atoms with E-state index in [0.717, 1.165) is 36.1 Å². The second-order valence-electron chi connectivity index (χ2n) is 8.08. The molecule has 0 aliphatic carbocycles. The largest absolute Gasteiger partial charge is 0.491 e. The number of amides is 2. The molecule has 2 aromatic rings. The first-order chi connectivity index (χ1) is 16.0. The van der Waals surface area contributed by atoms with Crippen molar-refractivity contribution in [2.45, 2.75) is 25.2 Å². The maximum Gasteiger partial charge on any atom is 0.409 e. The van der Waals surface area contributed by atoms with E-state index in [-0.39, 0.29) is 12.0 Å². The molecule has 1 saturated heterocycles. The molecule has 0 saturated carbocycles. The average molecular weight is 475 g/mol. The van der Waals surface area contributed by atoms with Crippen molar-refractivity contribution in [2.75, 3.05) is 51.7 Å². The number of hydrogen-bond acceptors (Lipinski definition) is 8. The molecule has 4 rings (SSSR count). The van der Waals surface area contributed by atoms with Gasteiger partial charge in [0.05, 0.1) is 18.9 Å². The van der Waals surface area contributed by atoms with Crippen molar-refractivity contribution in [2.24, 2.45) is 7.05 Å². The summed E-state index contributed by atoms with van der Waals surface area (Å²) < 4.78 is 12.8. The van der Waals surface area contributed by atoms with E-state index in [1.54, 1.807) is 15.8 Å². The normalized spacial score (nSPS) is 16.7. The Morgan fingerprint density at radius 2 is 1.97 bits per heavy atom. The van der Waals surface area contributed by atoms with Crippen molar-refractivity contribution < 1.29 is 19.1 Å². The summed E-state index contributed by atoms with van der Waals surface area (Å²) in [6.45, 7) is 7.50. The summed E-state index contributed by atoms with van der Waals surface area (Å²) in [5, 5.41) is 8.60. The minimum absolute atomic E-state index is 0.0555. The molecule has 1 fully saturated rings. The van der Waals surface area contributed by atoms with Gasteiger partial charge in [0.1, 0.15) is 18.7 Å². The molecule has 2 aliphatic heterocycles. The van der Waals surface area contributed by atoms with Crippen molar-refractivity contribution in [3.05, 3.63) is 35.7 Å². The zero-order chi connectivity index (χ0) is 23.2. The predicted octanol–water partition coefficient (Wildman–Crippen LogP) is 1.60. The topological polar surface area (TPSA) is 93.0 Å². The molecular weight excluding hydrogens is 444 g/mol. The lowest BCUT2D eigenvalue weighted by atomic mass is 10.1. The van der Waals surface area contributed by atoms with Crippen LogP contribution in [0, 0.1) is 0 Å². The Labute approximate surface area is 197 Å². The molecule has 178 valence electrons. The Hall–Kier alpha value is -2.79. The molecule has 0 bridgehead atoms. The lowest BCUT2D eigenvalue weighted by molar-refractivity contribution is -0.129. The van der Waals surface area contributed by atoms with E-state index in [0.29, 0.717) is 45.1 Å². The van der Waals surface area contributed by atoms with E-state index in [2.05, 4.69) is 27.2 Å². The summed E-state index contributed by atoms with van der Waals surface area (Å²) in [4.78, 5) is 30.7. The fraction of sp³-hybridized carbons (Fsp3) is 0.545. The van der Waals surface area contributed by atoms with Crippen molar-refractivity contribution in [1.29, 1.82) is 0 Å². The molecule has 0 N–H and O–H groups in total. The van der Waals surface area contributed by atoms with Crippen LogP contribution in [-0.2, 0) is 29.7 Å². The molecule has 1 aromatic carbocycles. The maximum atomic E-state index is 12.8. The first-order valence-electron chi connectivity index (χ1n) is 11.2. The molecule has 2 aliphatic rings. The third kappa shape index (κ3) is 5.97. The highest BCUT2D eigenvalue weighted by atomic mass is 32.2. The molecule has 0 unspecified atom stereocenters. The van der Waals surface area contributed by atoms with Gasteiger partial charge in [-0.05, 0) is 24.6 Å². The minimum atomic E-state index is -0.235. The minimum Gasteiger partial charge on any atom is -0.491 e. The van der Waals surface area contributed by atoms with Gasteiger partial charge in [0.2, 0.25) is 5.91 Å². The van der Waals surface area contributed by atoms with Gasteiger partial charge in [0.25, 0.3) is 0 Å². The fourth-order valence-corrected chi connectivity index (χ4v) is 4.73. The third-order valence-corrected chi connectivity index (χ3v) is 6.78. The zero-order valence-electron chi connectivity index (χ0n) is 19.1. The van der Waals surface area contributed by atoms with Gasteiger partial charge in [0.15, 0.2) is 5.16 Å². The van der Waals surface area contributed by atoms with Crippen molar-refractivity contribution in [1.82, 2.24) is 29.5 Å². The first kappa shape index (κ1) is 23.4. The SMILES string of the molecule is CCOC(=O)N1CCN(Cc2ccc3c(c2)CN(C(=O)CSc2nncn2C)CCO3)CC1. The van der Waals surface area contributed by atoms with Crippen LogP contribution >= 0.6 is 11.8 Å². The molecular formula is C22H30N6O4S. The van der Waals surface area contributed by atoms with Crippen molar-refractivity contribution in [3.63, 3.8) is 0 Å². The summed E-state index contributed by atoms with van der Waals surface area (Å²) in [5.74, 6) is 1.20. The monoisotopic (exact) mass is 474 g/mol. The van der Waals surface area contributed by atoms with Crippen molar-refractivity contribution in [3.8, 4) is 5.75 Å². The second-order valence-corrected chi connectivity index (χ2v) is 9.02. The molecule has 10 nitrogen and oxygen atoms in total. The van der Waals surface area contributed by atoms with E-state index in [4.69, 9.17) is 9.47 Å². The molecule has 0 radical (unpaired) electrons. The number of ether oxygens (including phenoxy) is 2. The van der Waals surface area contributed by atoms with E-state index >= 15 is 0 Å². The highest BCUT2D eigenvalue weighted by Crippen LogP contribution is 2.26. The molecule has 0 atom stereocenters. The van der Waals surface area contributed by atoms with Gasteiger partial charge in [-0.1, -0.05) is 17.8 Å². The summed E-state index contributed by atoms with van der Waals surface area (Å²) in [6, 6.07) is 6.22. The van der Waals surface area contributed by atoms with Crippen LogP contribution in [0.2, 0.25) is 0 Å². The van der Waals surface area contributed by atoms with Crippen LogP contribution in [0.25, 0.3) is 0 Å². The highest BCUT2D eigenvalue weighted by Gasteiger charge is 2.24. The lowest BCUT2D eigenvalue weighted by Crippen LogP contribution is -2.48. The van der Waals surface area contributed by atoms with Crippen LogP contribution < -0.4 is 4.74 Å². The van der Waals surface area contributed by atoms with Crippen LogP contribution in [0.15, 0.2) is 29.7 Å². The number of thioether (sulfide) groups is 1. The molecule has 2 amide bonds. The van der Waals surface area contributed by atoms with Crippen LogP contribution in [-0.4, -0.2) is 93.2 Å². The molecule has 3 heterocycles. The Balaban J connectivity index is 1.33. The Bertz CT molecular complexity index is 976. The number of carbonyl (C=O) groups is 2. The van der Waals surface area contributed by atoms with Crippen molar-refractivity contribution >= 4 is 23.8 Å². The van der Waals surface area contributed by atoms with Gasteiger partial charge in [0, 0.05) is 51.9 Å². The number of hydrogen-bond donors (Lipinski definition) is 0. The number of aromatic nitrogens is 3. The maximum absolute atomic E-state index is 12.8. The summed E-state index contributed by atoms with van der Waals surface area (Å²) in [5.41, 5.74) is 2.19. The van der Waals surface area contributed by atoms with Crippen LogP contribution in [0.1, 0.15) is 18.1 Å². The predicted molar refractivity (Wildman–Crippen MR) is 123 cm³/mol. The smallest absolute Gasteiger partial charge is 0.409 e. The van der Waals surface area contributed by atoms with Crippen LogP contribution in [0.5, 0.6) is 5.75 Å². The summed E-state index contributed by atoms with van der Waals surface area (Å²) in [6.07, 6.45) is 1.39. The molecule has 11 heteroatoms. The Kier molecular flexibility index (Phi) is 7.71. The van der Waals surface area contributed by atoms with E-state index in [1.165, 1.54) is 17.3 Å². The third-order valence-electron chi connectivity index (χ3n) is 5.76. The second kappa shape index (κ2) is 10.9. The van der Waals surface area contributed by atoms with Gasteiger partial charge >= 0.3 is 6.09 Å². The number of rotatable bonds is 6. The molecule has 1 aromatic heterocycles. The fourth-order valence-electron chi connectivity index (χ4n) is 3.94. The number of carbonyl (C=O) groups excluding carboxylic acids is 2. The number of benzene rings is 1. The summed E-state index contributed by atoms with van der Waals surface area (Å²) in [7, 11) is 1.86. The number of piperazine rings is 1. The number of aryl methyl sites for hydroxylation is 1. The Morgan fingerprint density at radius 1 is 1.15 bits per heavy atom. The van der Waals surface area contributed by atoms with Gasteiger partial charge in [-0.2, -0.15) is 0 Å². The molecule has 0 spiro atoms. The van der Waals surface area contributed by atoms with Gasteiger partial charge in [-0.25, -0.2) is 4.79 Å². The lowest BCUT2D eigenvalue weighted by Gasteiger charge is -2.34. The Morgan fingerprint density at radius 3 is 2.70 bits per heavy atom. The van der Waals surface area contributed by atoms with E-state index in [1.807, 2.05) is 24.9 Å². The highest BCUT2D eigenvalue weighted by molar-refractivity contribution is 7.99. The quantitative estimate of drug-likeness (QED) is 0.583. The van der Waals surface area contributed by atoms with Gasteiger partial charge < -0.3 is 23.8 Å². The van der Waals surface area contributed by atoms with Gasteiger partial charge in [-0.3, -0.25) is 9.69 Å².